The molecule has 0 bridgehead atoms. The number of benzene rings is 1. The quantitative estimate of drug-likeness (QED) is 0.614. The summed E-state index contributed by atoms with van der Waals surface area (Å²) in [4.78, 5) is 11.7. The van der Waals surface area contributed by atoms with Crippen molar-refractivity contribution in [3.8, 4) is 5.75 Å². The Morgan fingerprint density at radius 2 is 2.15 bits per heavy atom. The summed E-state index contributed by atoms with van der Waals surface area (Å²) < 4.78 is 9.97. The monoisotopic (exact) mass is 277 g/mol. The average molecular weight is 277 g/mol. The zero-order chi connectivity index (χ0) is 14.4. The zero-order valence-corrected chi connectivity index (χ0v) is 12.3. The summed E-state index contributed by atoms with van der Waals surface area (Å²) in [6.07, 6.45) is 6.01. The molecule has 0 aromatic heterocycles. The standard InChI is InChI=1S/C16H23NO3/c1-19-15-9-8-12(11-14(15)16(18)20-2)5-4-10-17-13-6-3-7-13/h8-9,11,13,17H,3-7,10H2,1-2H3. The van der Waals surface area contributed by atoms with Gasteiger partial charge in [-0.15, -0.1) is 0 Å². The Kier molecular flexibility index (Phi) is 5.41. The molecule has 1 aliphatic carbocycles. The van der Waals surface area contributed by atoms with E-state index in [1.54, 1.807) is 7.11 Å². The van der Waals surface area contributed by atoms with E-state index in [1.165, 1.54) is 26.4 Å². The van der Waals surface area contributed by atoms with Crippen molar-refractivity contribution in [1.82, 2.24) is 5.32 Å². The molecule has 1 aliphatic rings. The number of rotatable bonds is 7. The molecule has 1 saturated carbocycles. The van der Waals surface area contributed by atoms with Gasteiger partial charge in [0.05, 0.1) is 14.2 Å². The lowest BCUT2D eigenvalue weighted by molar-refractivity contribution is 0.0597. The van der Waals surface area contributed by atoms with Crippen LogP contribution in [0.25, 0.3) is 0 Å². The van der Waals surface area contributed by atoms with Crippen LogP contribution in [0, 0.1) is 0 Å². The highest BCUT2D eigenvalue weighted by atomic mass is 16.5. The Bertz CT molecular complexity index is 455. The molecule has 2 rings (SSSR count). The maximum atomic E-state index is 11.7. The largest absolute Gasteiger partial charge is 0.496 e. The SMILES string of the molecule is COC(=O)c1cc(CCCNC2CCC2)ccc1OC. The molecule has 1 fully saturated rings. The van der Waals surface area contributed by atoms with Gasteiger partial charge in [-0.1, -0.05) is 12.5 Å². The zero-order valence-electron chi connectivity index (χ0n) is 12.3. The van der Waals surface area contributed by atoms with E-state index in [4.69, 9.17) is 9.47 Å². The van der Waals surface area contributed by atoms with E-state index in [9.17, 15) is 4.79 Å². The summed E-state index contributed by atoms with van der Waals surface area (Å²) in [5.74, 6) is 0.212. The van der Waals surface area contributed by atoms with Crippen molar-refractivity contribution in [2.75, 3.05) is 20.8 Å². The lowest BCUT2D eigenvalue weighted by Gasteiger charge is -2.26. The first-order valence-electron chi connectivity index (χ1n) is 7.23. The minimum atomic E-state index is -0.351. The van der Waals surface area contributed by atoms with Crippen molar-refractivity contribution in [3.05, 3.63) is 29.3 Å². The van der Waals surface area contributed by atoms with Crippen LogP contribution in [-0.2, 0) is 11.2 Å². The predicted molar refractivity (Wildman–Crippen MR) is 78.3 cm³/mol. The Hall–Kier alpha value is -1.55. The van der Waals surface area contributed by atoms with Crippen molar-refractivity contribution in [3.63, 3.8) is 0 Å². The van der Waals surface area contributed by atoms with Gasteiger partial charge in [0.1, 0.15) is 11.3 Å². The van der Waals surface area contributed by atoms with E-state index in [2.05, 4.69) is 5.32 Å². The van der Waals surface area contributed by atoms with Gasteiger partial charge >= 0.3 is 5.97 Å². The highest BCUT2D eigenvalue weighted by Gasteiger charge is 2.16. The third-order valence-electron chi connectivity index (χ3n) is 3.85. The van der Waals surface area contributed by atoms with Gasteiger partial charge in [-0.25, -0.2) is 4.79 Å². The van der Waals surface area contributed by atoms with Crippen molar-refractivity contribution >= 4 is 5.97 Å². The molecular formula is C16H23NO3. The van der Waals surface area contributed by atoms with Gasteiger partial charge in [-0.05, 0) is 49.9 Å². The van der Waals surface area contributed by atoms with Gasteiger partial charge in [-0.3, -0.25) is 0 Å². The lowest BCUT2D eigenvalue weighted by Crippen LogP contribution is -2.35. The van der Waals surface area contributed by atoms with Crippen molar-refractivity contribution in [2.24, 2.45) is 0 Å². The highest BCUT2D eigenvalue weighted by molar-refractivity contribution is 5.92. The van der Waals surface area contributed by atoms with Gasteiger partial charge in [0.15, 0.2) is 0 Å². The number of methoxy groups -OCH3 is 2. The topological polar surface area (TPSA) is 47.6 Å². The van der Waals surface area contributed by atoms with Crippen LogP contribution in [0.2, 0.25) is 0 Å². The van der Waals surface area contributed by atoms with Crippen molar-refractivity contribution < 1.29 is 14.3 Å². The smallest absolute Gasteiger partial charge is 0.341 e. The Morgan fingerprint density at radius 3 is 2.75 bits per heavy atom. The fourth-order valence-corrected chi connectivity index (χ4v) is 2.39. The number of carbonyl (C=O) groups excluding carboxylic acids is 1. The van der Waals surface area contributed by atoms with Gasteiger partial charge in [-0.2, -0.15) is 0 Å². The average Bonchev–Trinajstić information content (AvgIpc) is 2.44. The summed E-state index contributed by atoms with van der Waals surface area (Å²) in [5.41, 5.74) is 1.64. The maximum absolute atomic E-state index is 11.7. The number of aryl methyl sites for hydroxylation is 1. The van der Waals surface area contributed by atoms with Crippen LogP contribution in [0.15, 0.2) is 18.2 Å². The van der Waals surface area contributed by atoms with Crippen LogP contribution < -0.4 is 10.1 Å². The second-order valence-corrected chi connectivity index (χ2v) is 5.21. The van der Waals surface area contributed by atoms with Crippen LogP contribution in [0.4, 0.5) is 0 Å². The molecular weight excluding hydrogens is 254 g/mol. The fraction of sp³-hybridized carbons (Fsp3) is 0.562. The van der Waals surface area contributed by atoms with Gasteiger partial charge in [0.25, 0.3) is 0 Å². The number of nitrogens with one attached hydrogen (secondary N) is 1. The third kappa shape index (κ3) is 3.73. The number of esters is 1. The van der Waals surface area contributed by atoms with Gasteiger partial charge < -0.3 is 14.8 Å². The molecule has 0 saturated heterocycles. The van der Waals surface area contributed by atoms with E-state index in [1.807, 2.05) is 18.2 Å². The molecule has 0 unspecified atom stereocenters. The lowest BCUT2D eigenvalue weighted by atomic mass is 9.93. The molecule has 1 aromatic carbocycles. The summed E-state index contributed by atoms with van der Waals surface area (Å²) >= 11 is 0. The van der Waals surface area contributed by atoms with Crippen molar-refractivity contribution in [1.29, 1.82) is 0 Å². The molecule has 4 nitrogen and oxygen atoms in total. The van der Waals surface area contributed by atoms with Crippen LogP contribution in [0.5, 0.6) is 5.75 Å². The number of hydrogen-bond donors (Lipinski definition) is 1. The van der Waals surface area contributed by atoms with E-state index in [-0.39, 0.29) is 5.97 Å². The second-order valence-electron chi connectivity index (χ2n) is 5.21. The Morgan fingerprint density at radius 1 is 1.35 bits per heavy atom. The van der Waals surface area contributed by atoms with E-state index in [0.29, 0.717) is 11.3 Å². The molecule has 0 spiro atoms. The van der Waals surface area contributed by atoms with Crippen LogP contribution in [0.1, 0.15) is 41.6 Å². The normalized spacial score (nSPS) is 14.7. The van der Waals surface area contributed by atoms with Crippen LogP contribution in [0.3, 0.4) is 0 Å². The van der Waals surface area contributed by atoms with E-state index in [0.717, 1.165) is 31.0 Å². The van der Waals surface area contributed by atoms with Crippen LogP contribution in [-0.4, -0.2) is 32.8 Å². The molecule has 20 heavy (non-hydrogen) atoms. The molecule has 110 valence electrons. The summed E-state index contributed by atoms with van der Waals surface area (Å²) in [6.45, 7) is 1.03. The summed E-state index contributed by atoms with van der Waals surface area (Å²) in [7, 11) is 2.95. The maximum Gasteiger partial charge on any atom is 0.341 e. The summed E-state index contributed by atoms with van der Waals surface area (Å²) in [6, 6.07) is 6.44. The molecule has 1 aromatic rings. The minimum Gasteiger partial charge on any atom is -0.496 e. The first-order valence-corrected chi connectivity index (χ1v) is 7.23. The molecule has 0 aliphatic heterocycles. The Labute approximate surface area is 120 Å². The van der Waals surface area contributed by atoms with Gasteiger partial charge in [0.2, 0.25) is 0 Å². The number of hydrogen-bond acceptors (Lipinski definition) is 4. The first-order chi connectivity index (χ1) is 9.74. The molecule has 0 atom stereocenters. The molecule has 4 heteroatoms. The van der Waals surface area contributed by atoms with E-state index >= 15 is 0 Å². The van der Waals surface area contributed by atoms with Crippen molar-refractivity contribution in [2.45, 2.75) is 38.1 Å². The fourth-order valence-electron chi connectivity index (χ4n) is 2.39. The predicted octanol–water partition coefficient (Wildman–Crippen LogP) is 2.56. The molecule has 1 N–H and O–H groups in total. The second kappa shape index (κ2) is 7.29. The van der Waals surface area contributed by atoms with E-state index < -0.39 is 0 Å². The Balaban J connectivity index is 1.88. The molecule has 0 amide bonds. The van der Waals surface area contributed by atoms with Gasteiger partial charge in [0, 0.05) is 6.04 Å². The molecule has 0 radical (unpaired) electrons. The van der Waals surface area contributed by atoms with Crippen LogP contribution >= 0.6 is 0 Å². The first kappa shape index (κ1) is 14.9. The molecule has 0 heterocycles. The minimum absolute atomic E-state index is 0.351. The summed E-state index contributed by atoms with van der Waals surface area (Å²) in [5, 5.41) is 3.54. The third-order valence-corrected chi connectivity index (χ3v) is 3.85. The number of carbonyl (C=O) groups is 1. The number of ether oxygens (including phenoxy) is 2. The highest BCUT2D eigenvalue weighted by Crippen LogP contribution is 2.22.